The van der Waals surface area contributed by atoms with Gasteiger partial charge in [0.2, 0.25) is 0 Å². The van der Waals surface area contributed by atoms with E-state index in [-0.39, 0.29) is 11.6 Å². The molecule has 0 bridgehead atoms. The van der Waals surface area contributed by atoms with Gasteiger partial charge in [-0.3, -0.25) is 10.1 Å². The Morgan fingerprint density at radius 3 is 2.62 bits per heavy atom. The number of hydrogen-bond donors (Lipinski definition) is 2. The van der Waals surface area contributed by atoms with Gasteiger partial charge in [-0.05, 0) is 25.7 Å². The van der Waals surface area contributed by atoms with Crippen LogP contribution in [-0.2, 0) is 9.53 Å². The van der Waals surface area contributed by atoms with E-state index in [1.165, 1.54) is 0 Å². The summed E-state index contributed by atoms with van der Waals surface area (Å²) in [5.74, 6) is -0.815. The summed E-state index contributed by atoms with van der Waals surface area (Å²) in [5, 5.41) is 12.1. The van der Waals surface area contributed by atoms with E-state index in [2.05, 4.69) is 5.32 Å². The maximum atomic E-state index is 10.7. The van der Waals surface area contributed by atoms with Gasteiger partial charge in [0.1, 0.15) is 5.72 Å². The molecular formula is C9H15NO3. The number of carbonyl (C=O) groups is 1. The van der Waals surface area contributed by atoms with Crippen molar-refractivity contribution in [2.75, 3.05) is 13.2 Å². The minimum Gasteiger partial charge on any atom is -0.481 e. The van der Waals surface area contributed by atoms with Crippen LogP contribution < -0.4 is 5.32 Å². The van der Waals surface area contributed by atoms with Crippen LogP contribution in [0.25, 0.3) is 0 Å². The lowest BCUT2D eigenvalue weighted by atomic mass is 9.84. The van der Waals surface area contributed by atoms with Crippen LogP contribution in [0.1, 0.15) is 25.7 Å². The molecule has 4 heteroatoms. The molecule has 13 heavy (non-hydrogen) atoms. The van der Waals surface area contributed by atoms with E-state index in [1.807, 2.05) is 0 Å². The molecule has 4 nitrogen and oxygen atoms in total. The largest absolute Gasteiger partial charge is 0.481 e. The fourth-order valence-electron chi connectivity index (χ4n) is 2.23. The Balaban J connectivity index is 1.91. The highest BCUT2D eigenvalue weighted by Gasteiger charge is 2.40. The second-order valence-corrected chi connectivity index (χ2v) is 3.88. The first-order valence-electron chi connectivity index (χ1n) is 4.84. The molecule has 1 spiro atoms. The van der Waals surface area contributed by atoms with Crippen LogP contribution in [0.3, 0.4) is 0 Å². The molecule has 0 atom stereocenters. The molecule has 2 N–H and O–H groups in total. The SMILES string of the molecule is O=C(O)C1CCC2(CC1)NCCO2. The molecule has 0 amide bonds. The van der Waals surface area contributed by atoms with Gasteiger partial charge in [0, 0.05) is 6.54 Å². The third-order valence-corrected chi connectivity index (χ3v) is 3.07. The highest BCUT2D eigenvalue weighted by Crippen LogP contribution is 2.34. The molecule has 74 valence electrons. The molecule has 2 fully saturated rings. The standard InChI is InChI=1S/C9H15NO3/c11-8(12)7-1-3-9(4-2-7)10-5-6-13-9/h7,10H,1-6H2,(H,11,12). The molecule has 2 rings (SSSR count). The van der Waals surface area contributed by atoms with Crippen LogP contribution in [-0.4, -0.2) is 30.0 Å². The summed E-state index contributed by atoms with van der Waals surface area (Å²) in [4.78, 5) is 10.7. The van der Waals surface area contributed by atoms with Crippen molar-refractivity contribution in [3.63, 3.8) is 0 Å². The Morgan fingerprint density at radius 2 is 2.15 bits per heavy atom. The van der Waals surface area contributed by atoms with Crippen LogP contribution in [0.15, 0.2) is 0 Å². The lowest BCUT2D eigenvalue weighted by molar-refractivity contribution is -0.145. The minimum atomic E-state index is -0.659. The average molecular weight is 185 g/mol. The van der Waals surface area contributed by atoms with Gasteiger partial charge in [-0.15, -0.1) is 0 Å². The summed E-state index contributed by atoms with van der Waals surface area (Å²) < 4.78 is 5.61. The average Bonchev–Trinajstić information content (AvgIpc) is 2.54. The van der Waals surface area contributed by atoms with Crippen LogP contribution in [0.5, 0.6) is 0 Å². The summed E-state index contributed by atoms with van der Waals surface area (Å²) in [6.45, 7) is 1.66. The van der Waals surface area contributed by atoms with Crippen LogP contribution in [0.4, 0.5) is 0 Å². The van der Waals surface area contributed by atoms with Crippen molar-refractivity contribution >= 4 is 5.97 Å². The summed E-state index contributed by atoms with van der Waals surface area (Å²) in [7, 11) is 0. The molecule has 2 aliphatic rings. The Hall–Kier alpha value is -0.610. The monoisotopic (exact) mass is 185 g/mol. The topological polar surface area (TPSA) is 58.6 Å². The molecule has 0 aromatic rings. The molecule has 0 radical (unpaired) electrons. The Morgan fingerprint density at radius 1 is 1.46 bits per heavy atom. The van der Waals surface area contributed by atoms with Gasteiger partial charge in [-0.2, -0.15) is 0 Å². The third kappa shape index (κ3) is 1.69. The Kier molecular flexibility index (Phi) is 2.26. The van der Waals surface area contributed by atoms with E-state index in [1.54, 1.807) is 0 Å². The van der Waals surface area contributed by atoms with Gasteiger partial charge >= 0.3 is 5.97 Å². The highest BCUT2D eigenvalue weighted by atomic mass is 16.5. The second-order valence-electron chi connectivity index (χ2n) is 3.88. The zero-order chi connectivity index (χ0) is 9.31. The fraction of sp³-hybridized carbons (Fsp3) is 0.889. The molecule has 1 saturated carbocycles. The lowest BCUT2D eigenvalue weighted by Crippen LogP contribution is -2.45. The molecular weight excluding hydrogens is 170 g/mol. The quantitative estimate of drug-likeness (QED) is 0.627. The molecule has 0 unspecified atom stereocenters. The van der Waals surface area contributed by atoms with Crippen molar-refractivity contribution in [2.45, 2.75) is 31.4 Å². The molecule has 1 aliphatic carbocycles. The Labute approximate surface area is 77.3 Å². The lowest BCUT2D eigenvalue weighted by Gasteiger charge is -2.34. The summed E-state index contributed by atoms with van der Waals surface area (Å²) in [6.07, 6.45) is 3.15. The third-order valence-electron chi connectivity index (χ3n) is 3.07. The van der Waals surface area contributed by atoms with Crippen molar-refractivity contribution in [1.29, 1.82) is 0 Å². The summed E-state index contributed by atoms with van der Waals surface area (Å²) in [5.41, 5.74) is -0.175. The number of ether oxygens (including phenoxy) is 1. The number of rotatable bonds is 1. The van der Waals surface area contributed by atoms with Gasteiger partial charge in [0.15, 0.2) is 0 Å². The van der Waals surface area contributed by atoms with Crippen molar-refractivity contribution in [1.82, 2.24) is 5.32 Å². The maximum absolute atomic E-state index is 10.7. The van der Waals surface area contributed by atoms with Crippen molar-refractivity contribution in [2.24, 2.45) is 5.92 Å². The van der Waals surface area contributed by atoms with Gasteiger partial charge in [0.05, 0.1) is 12.5 Å². The number of carboxylic acid groups (broad SMARTS) is 1. The van der Waals surface area contributed by atoms with E-state index in [4.69, 9.17) is 9.84 Å². The molecule has 0 aromatic carbocycles. The van der Waals surface area contributed by atoms with E-state index >= 15 is 0 Å². The summed E-state index contributed by atoms with van der Waals surface area (Å²) in [6, 6.07) is 0. The number of carboxylic acids is 1. The van der Waals surface area contributed by atoms with Crippen molar-refractivity contribution in [3.05, 3.63) is 0 Å². The van der Waals surface area contributed by atoms with Crippen molar-refractivity contribution < 1.29 is 14.6 Å². The van der Waals surface area contributed by atoms with E-state index < -0.39 is 5.97 Å². The van der Waals surface area contributed by atoms with E-state index in [9.17, 15) is 4.79 Å². The molecule has 0 aromatic heterocycles. The zero-order valence-electron chi connectivity index (χ0n) is 7.58. The normalized spacial score (nSPS) is 39.5. The predicted octanol–water partition coefficient (Wildman–Crippen LogP) is 0.577. The predicted molar refractivity (Wildman–Crippen MR) is 46.3 cm³/mol. The Bertz CT molecular complexity index is 201. The second kappa shape index (κ2) is 3.27. The van der Waals surface area contributed by atoms with Gasteiger partial charge in [0.25, 0.3) is 0 Å². The zero-order valence-corrected chi connectivity index (χ0v) is 7.58. The van der Waals surface area contributed by atoms with Gasteiger partial charge in [-0.25, -0.2) is 0 Å². The van der Waals surface area contributed by atoms with Crippen LogP contribution >= 0.6 is 0 Å². The number of aliphatic carboxylic acids is 1. The van der Waals surface area contributed by atoms with Crippen LogP contribution in [0, 0.1) is 5.92 Å². The van der Waals surface area contributed by atoms with Crippen LogP contribution in [0.2, 0.25) is 0 Å². The number of nitrogens with one attached hydrogen (secondary N) is 1. The van der Waals surface area contributed by atoms with Gasteiger partial charge in [-0.1, -0.05) is 0 Å². The van der Waals surface area contributed by atoms with Gasteiger partial charge < -0.3 is 9.84 Å². The summed E-state index contributed by atoms with van der Waals surface area (Å²) >= 11 is 0. The highest BCUT2D eigenvalue weighted by molar-refractivity contribution is 5.70. The van der Waals surface area contributed by atoms with Crippen molar-refractivity contribution in [3.8, 4) is 0 Å². The minimum absolute atomic E-state index is 0.156. The smallest absolute Gasteiger partial charge is 0.306 e. The molecule has 1 heterocycles. The molecule has 1 saturated heterocycles. The van der Waals surface area contributed by atoms with E-state index in [0.29, 0.717) is 0 Å². The fourth-order valence-corrected chi connectivity index (χ4v) is 2.23. The maximum Gasteiger partial charge on any atom is 0.306 e. The number of hydrogen-bond acceptors (Lipinski definition) is 3. The first-order valence-corrected chi connectivity index (χ1v) is 4.84. The molecule has 1 aliphatic heterocycles. The first-order chi connectivity index (χ1) is 6.22. The van der Waals surface area contributed by atoms with E-state index in [0.717, 1.165) is 38.8 Å². The first kappa shape index (κ1) is 8.97.